The number of furan rings is 1. The number of nitrogens with two attached hydrogens (primary N) is 1. The molecule has 2 aromatic heterocycles. The lowest BCUT2D eigenvalue weighted by Gasteiger charge is -2.32. The fourth-order valence-electron chi connectivity index (χ4n) is 3.51. The molecule has 4 rings (SSSR count). The molecule has 3 heterocycles. The van der Waals surface area contributed by atoms with Crippen molar-refractivity contribution in [1.29, 1.82) is 0 Å². The summed E-state index contributed by atoms with van der Waals surface area (Å²) in [6.07, 6.45) is 5.25. The van der Waals surface area contributed by atoms with Crippen molar-refractivity contribution < 1.29 is 9.21 Å². The minimum absolute atomic E-state index is 0.0502. The van der Waals surface area contributed by atoms with Gasteiger partial charge in [-0.15, -0.1) is 5.10 Å². The fraction of sp³-hybridized carbons (Fsp3) is 0.381. The molecule has 1 aliphatic rings. The maximum atomic E-state index is 12.9. The first-order valence-electron chi connectivity index (χ1n) is 9.56. The summed E-state index contributed by atoms with van der Waals surface area (Å²) in [5.74, 6) is 0.812. The van der Waals surface area contributed by atoms with Gasteiger partial charge in [0.25, 0.3) is 5.91 Å². The van der Waals surface area contributed by atoms with Crippen LogP contribution in [0.1, 0.15) is 48.8 Å². The zero-order chi connectivity index (χ0) is 19.7. The van der Waals surface area contributed by atoms with E-state index in [4.69, 9.17) is 10.2 Å². The SMILES string of the molecule is CC(C)(N)c1cn(C2CCN(C(=O)c3cccc(-c4ccco4)c3)CC2)nn1. The highest BCUT2D eigenvalue weighted by Gasteiger charge is 2.27. The molecule has 7 heteroatoms. The van der Waals surface area contributed by atoms with E-state index in [1.165, 1.54) is 0 Å². The number of carbonyl (C=O) groups is 1. The predicted molar refractivity (Wildman–Crippen MR) is 106 cm³/mol. The minimum atomic E-state index is -0.506. The van der Waals surface area contributed by atoms with Crippen LogP contribution >= 0.6 is 0 Å². The molecule has 1 saturated heterocycles. The van der Waals surface area contributed by atoms with E-state index in [1.807, 2.05) is 66.0 Å². The van der Waals surface area contributed by atoms with Gasteiger partial charge in [0.1, 0.15) is 11.5 Å². The number of hydrogen-bond donors (Lipinski definition) is 1. The van der Waals surface area contributed by atoms with E-state index in [0.29, 0.717) is 18.7 Å². The molecule has 146 valence electrons. The van der Waals surface area contributed by atoms with Gasteiger partial charge in [-0.3, -0.25) is 4.79 Å². The van der Waals surface area contributed by atoms with Gasteiger partial charge < -0.3 is 15.1 Å². The highest BCUT2D eigenvalue weighted by molar-refractivity contribution is 5.95. The lowest BCUT2D eigenvalue weighted by Crippen LogP contribution is -2.39. The third kappa shape index (κ3) is 3.71. The van der Waals surface area contributed by atoms with Crippen molar-refractivity contribution in [2.75, 3.05) is 13.1 Å². The number of hydrogen-bond acceptors (Lipinski definition) is 5. The summed E-state index contributed by atoms with van der Waals surface area (Å²) in [7, 11) is 0. The number of benzene rings is 1. The molecule has 3 aromatic rings. The maximum Gasteiger partial charge on any atom is 0.253 e. The Balaban J connectivity index is 1.42. The van der Waals surface area contributed by atoms with Crippen molar-refractivity contribution in [2.24, 2.45) is 5.73 Å². The summed E-state index contributed by atoms with van der Waals surface area (Å²) in [5, 5.41) is 8.44. The Morgan fingerprint density at radius 2 is 2.00 bits per heavy atom. The summed E-state index contributed by atoms with van der Waals surface area (Å²) in [6.45, 7) is 5.21. The Labute approximate surface area is 164 Å². The highest BCUT2D eigenvalue weighted by atomic mass is 16.3. The normalized spacial score (nSPS) is 15.8. The number of carbonyl (C=O) groups excluding carboxylic acids is 1. The lowest BCUT2D eigenvalue weighted by molar-refractivity contribution is 0.0689. The molecule has 0 spiro atoms. The summed E-state index contributed by atoms with van der Waals surface area (Å²) in [5.41, 5.74) is 7.96. The molecular weight excluding hydrogens is 354 g/mol. The molecule has 1 aliphatic heterocycles. The van der Waals surface area contributed by atoms with Crippen molar-refractivity contribution in [3.8, 4) is 11.3 Å². The highest BCUT2D eigenvalue weighted by Crippen LogP contribution is 2.26. The molecule has 28 heavy (non-hydrogen) atoms. The van der Waals surface area contributed by atoms with Crippen LogP contribution in [0.2, 0.25) is 0 Å². The second kappa shape index (κ2) is 7.24. The van der Waals surface area contributed by atoms with Crippen LogP contribution in [0.15, 0.2) is 53.3 Å². The van der Waals surface area contributed by atoms with Crippen LogP contribution < -0.4 is 5.73 Å². The second-order valence-electron chi connectivity index (χ2n) is 7.89. The van der Waals surface area contributed by atoms with Crippen LogP contribution in [0.4, 0.5) is 0 Å². The summed E-state index contributed by atoms with van der Waals surface area (Å²) < 4.78 is 7.33. The monoisotopic (exact) mass is 379 g/mol. The largest absolute Gasteiger partial charge is 0.464 e. The molecule has 0 bridgehead atoms. The second-order valence-corrected chi connectivity index (χ2v) is 7.89. The number of piperidine rings is 1. The number of aromatic nitrogens is 3. The molecule has 0 unspecified atom stereocenters. The van der Waals surface area contributed by atoms with E-state index in [-0.39, 0.29) is 11.9 Å². The van der Waals surface area contributed by atoms with Gasteiger partial charge in [-0.2, -0.15) is 0 Å². The van der Waals surface area contributed by atoms with Gasteiger partial charge in [0, 0.05) is 24.2 Å². The van der Waals surface area contributed by atoms with Crippen molar-refractivity contribution in [3.05, 3.63) is 60.1 Å². The summed E-state index contributed by atoms with van der Waals surface area (Å²) in [4.78, 5) is 14.8. The Hall–Kier alpha value is -2.93. The quantitative estimate of drug-likeness (QED) is 0.752. The zero-order valence-electron chi connectivity index (χ0n) is 16.2. The van der Waals surface area contributed by atoms with Gasteiger partial charge in [-0.25, -0.2) is 4.68 Å². The van der Waals surface area contributed by atoms with Crippen LogP contribution in [0.5, 0.6) is 0 Å². The first kappa shape index (κ1) is 18.4. The van der Waals surface area contributed by atoms with Crippen LogP contribution in [0.3, 0.4) is 0 Å². The molecule has 1 fully saturated rings. The van der Waals surface area contributed by atoms with Crippen molar-refractivity contribution in [2.45, 2.75) is 38.3 Å². The molecule has 7 nitrogen and oxygen atoms in total. The number of nitrogens with zero attached hydrogens (tertiary/aromatic N) is 4. The summed E-state index contributed by atoms with van der Waals surface area (Å²) >= 11 is 0. The van der Waals surface area contributed by atoms with E-state index in [9.17, 15) is 4.79 Å². The average Bonchev–Trinajstić information content (AvgIpc) is 3.39. The van der Waals surface area contributed by atoms with E-state index in [2.05, 4.69) is 10.3 Å². The zero-order valence-corrected chi connectivity index (χ0v) is 16.2. The molecule has 0 radical (unpaired) electrons. The molecule has 2 N–H and O–H groups in total. The van der Waals surface area contributed by atoms with Gasteiger partial charge >= 0.3 is 0 Å². The summed E-state index contributed by atoms with van der Waals surface area (Å²) in [6, 6.07) is 11.6. The Kier molecular flexibility index (Phi) is 4.77. The Morgan fingerprint density at radius 1 is 1.21 bits per heavy atom. The molecule has 1 amide bonds. The number of likely N-dealkylation sites (tertiary alicyclic amines) is 1. The van der Waals surface area contributed by atoms with E-state index in [0.717, 1.165) is 29.9 Å². The fourth-order valence-corrected chi connectivity index (χ4v) is 3.51. The van der Waals surface area contributed by atoms with Gasteiger partial charge in [0.15, 0.2) is 0 Å². The molecule has 0 aliphatic carbocycles. The third-order valence-corrected chi connectivity index (χ3v) is 5.21. The van der Waals surface area contributed by atoms with Crippen LogP contribution in [-0.2, 0) is 5.54 Å². The Bertz CT molecular complexity index is 947. The van der Waals surface area contributed by atoms with Crippen molar-refractivity contribution in [3.63, 3.8) is 0 Å². The number of amides is 1. The predicted octanol–water partition coefficient (Wildman–Crippen LogP) is 3.21. The third-order valence-electron chi connectivity index (χ3n) is 5.21. The van der Waals surface area contributed by atoms with Gasteiger partial charge in [0.2, 0.25) is 0 Å². The van der Waals surface area contributed by atoms with E-state index < -0.39 is 5.54 Å². The van der Waals surface area contributed by atoms with Crippen molar-refractivity contribution in [1.82, 2.24) is 19.9 Å². The topological polar surface area (TPSA) is 90.2 Å². The number of rotatable bonds is 4. The lowest BCUT2D eigenvalue weighted by atomic mass is 10.0. The molecule has 1 aromatic carbocycles. The smallest absolute Gasteiger partial charge is 0.253 e. The van der Waals surface area contributed by atoms with Gasteiger partial charge in [-0.05, 0) is 51.0 Å². The van der Waals surface area contributed by atoms with Gasteiger partial charge in [0.05, 0.1) is 24.0 Å². The van der Waals surface area contributed by atoms with Crippen LogP contribution in [0.25, 0.3) is 11.3 Å². The first-order valence-corrected chi connectivity index (χ1v) is 9.56. The standard InChI is InChI=1S/C21H25N5O2/c1-21(2,22)19-14-26(24-23-19)17-8-10-25(11-9-17)20(27)16-6-3-5-15(13-16)18-7-4-12-28-18/h3-7,12-14,17H,8-11,22H2,1-2H3. The first-order chi connectivity index (χ1) is 13.4. The molecule has 0 saturated carbocycles. The van der Waals surface area contributed by atoms with Crippen LogP contribution in [0, 0.1) is 0 Å². The van der Waals surface area contributed by atoms with E-state index >= 15 is 0 Å². The van der Waals surface area contributed by atoms with Crippen molar-refractivity contribution >= 4 is 5.91 Å². The van der Waals surface area contributed by atoms with Crippen LogP contribution in [-0.4, -0.2) is 38.9 Å². The van der Waals surface area contributed by atoms with Gasteiger partial charge in [-0.1, -0.05) is 17.3 Å². The Morgan fingerprint density at radius 3 is 2.64 bits per heavy atom. The molecule has 0 atom stereocenters. The maximum absolute atomic E-state index is 12.9. The minimum Gasteiger partial charge on any atom is -0.464 e. The average molecular weight is 379 g/mol. The van der Waals surface area contributed by atoms with E-state index in [1.54, 1.807) is 6.26 Å². The molecular formula is C21H25N5O2.